The first-order chi connectivity index (χ1) is 10.8. The van der Waals surface area contributed by atoms with Crippen molar-refractivity contribution in [3.63, 3.8) is 0 Å². The Kier molecular flexibility index (Phi) is 4.09. The van der Waals surface area contributed by atoms with Gasteiger partial charge in [0, 0.05) is 18.2 Å². The Bertz CT molecular complexity index is 660. The molecule has 1 fully saturated rings. The fourth-order valence-corrected chi connectivity index (χ4v) is 4.39. The van der Waals surface area contributed by atoms with Crippen molar-refractivity contribution in [3.05, 3.63) is 46.5 Å². The van der Waals surface area contributed by atoms with E-state index in [1.165, 1.54) is 16.7 Å². The van der Waals surface area contributed by atoms with E-state index >= 15 is 0 Å². The minimum absolute atomic E-state index is 0.144. The summed E-state index contributed by atoms with van der Waals surface area (Å²) < 4.78 is 0. The van der Waals surface area contributed by atoms with Crippen molar-refractivity contribution in [2.24, 2.45) is 11.7 Å². The van der Waals surface area contributed by atoms with Crippen LogP contribution in [0, 0.1) is 5.92 Å². The molecule has 1 unspecified atom stereocenters. The molecule has 1 aliphatic carbocycles. The molecule has 2 N–H and O–H groups in total. The van der Waals surface area contributed by atoms with Crippen molar-refractivity contribution in [3.8, 4) is 0 Å². The van der Waals surface area contributed by atoms with Crippen LogP contribution >= 0.6 is 0 Å². The molecule has 2 aliphatic rings. The largest absolute Gasteiger partial charge is 0.366 e. The van der Waals surface area contributed by atoms with Gasteiger partial charge in [-0.15, -0.1) is 0 Å². The summed E-state index contributed by atoms with van der Waals surface area (Å²) in [6, 6.07) is 6.64. The minimum atomic E-state index is -0.327. The molecule has 3 atom stereocenters. The van der Waals surface area contributed by atoms with Crippen LogP contribution in [0.2, 0.25) is 0 Å². The number of primary amides is 1. The maximum Gasteiger partial charge on any atom is 0.248 e. The van der Waals surface area contributed by atoms with Gasteiger partial charge in [-0.05, 0) is 67.8 Å². The van der Waals surface area contributed by atoms with Gasteiger partial charge < -0.3 is 5.73 Å². The molecule has 0 radical (unpaired) electrons. The number of piperidine rings is 1. The van der Waals surface area contributed by atoms with Crippen LogP contribution in [0.25, 0.3) is 0 Å². The quantitative estimate of drug-likeness (QED) is 0.871. The molecule has 3 rings (SSSR count). The van der Waals surface area contributed by atoms with E-state index in [2.05, 4.69) is 50.8 Å². The summed E-state index contributed by atoms with van der Waals surface area (Å²) >= 11 is 0. The number of benzene rings is 1. The van der Waals surface area contributed by atoms with Crippen LogP contribution < -0.4 is 5.73 Å². The number of carbonyl (C=O) groups excluding carboxylic acids is 1. The number of hydrogen-bond acceptors (Lipinski definition) is 2. The summed E-state index contributed by atoms with van der Waals surface area (Å²) in [6.07, 6.45) is 4.54. The third-order valence-corrected chi connectivity index (χ3v) is 6.14. The standard InChI is InChI=1S/C20H28N2O/c1-13(2)7-9-22-10-8-20(4)14(3)18(22)12-15-5-6-16(19(21)23)11-17(15)20/h5-7,11,14,18H,8-10,12H2,1-4H3,(H2,21,23)/t14-,18?,20+/m0/s1. The first-order valence-corrected chi connectivity index (χ1v) is 8.63. The summed E-state index contributed by atoms with van der Waals surface area (Å²) in [5.41, 5.74) is 10.4. The molecule has 3 nitrogen and oxygen atoms in total. The third-order valence-electron chi connectivity index (χ3n) is 6.14. The van der Waals surface area contributed by atoms with E-state index in [4.69, 9.17) is 5.73 Å². The highest BCUT2D eigenvalue weighted by atomic mass is 16.1. The van der Waals surface area contributed by atoms with Crippen LogP contribution in [-0.2, 0) is 11.8 Å². The van der Waals surface area contributed by atoms with Gasteiger partial charge in [0.05, 0.1) is 0 Å². The smallest absolute Gasteiger partial charge is 0.248 e. The number of nitrogens with two attached hydrogens (primary N) is 1. The number of carbonyl (C=O) groups is 1. The number of rotatable bonds is 3. The number of hydrogen-bond donors (Lipinski definition) is 1. The van der Waals surface area contributed by atoms with Crippen LogP contribution in [0.15, 0.2) is 29.8 Å². The molecule has 124 valence electrons. The van der Waals surface area contributed by atoms with Crippen LogP contribution in [-0.4, -0.2) is 29.9 Å². The monoisotopic (exact) mass is 312 g/mol. The second-order valence-electron chi connectivity index (χ2n) is 7.74. The predicted octanol–water partition coefficient (Wildman–Crippen LogP) is 3.28. The lowest BCUT2D eigenvalue weighted by Gasteiger charge is -2.54. The molecule has 2 bridgehead atoms. The van der Waals surface area contributed by atoms with Gasteiger partial charge in [-0.1, -0.05) is 31.6 Å². The van der Waals surface area contributed by atoms with Crippen molar-refractivity contribution in [1.82, 2.24) is 4.90 Å². The van der Waals surface area contributed by atoms with Gasteiger partial charge in [-0.3, -0.25) is 9.69 Å². The van der Waals surface area contributed by atoms with Crippen LogP contribution in [0.5, 0.6) is 0 Å². The van der Waals surface area contributed by atoms with E-state index in [-0.39, 0.29) is 11.3 Å². The number of nitrogens with zero attached hydrogens (tertiary/aromatic N) is 1. The maximum atomic E-state index is 11.6. The van der Waals surface area contributed by atoms with Crippen LogP contribution in [0.1, 0.15) is 55.6 Å². The molecule has 1 amide bonds. The predicted molar refractivity (Wildman–Crippen MR) is 94.6 cm³/mol. The Labute approximate surface area is 139 Å². The van der Waals surface area contributed by atoms with Crippen LogP contribution in [0.4, 0.5) is 0 Å². The number of amides is 1. The maximum absolute atomic E-state index is 11.6. The Balaban J connectivity index is 1.98. The van der Waals surface area contributed by atoms with Gasteiger partial charge in [0.15, 0.2) is 0 Å². The van der Waals surface area contributed by atoms with E-state index in [1.54, 1.807) is 0 Å². The molecule has 0 aromatic heterocycles. The lowest BCUT2D eigenvalue weighted by Crippen LogP contribution is -2.57. The minimum Gasteiger partial charge on any atom is -0.366 e. The number of fused-ring (bicyclic) bond motifs is 4. The molecule has 1 aliphatic heterocycles. The number of allylic oxidation sites excluding steroid dienone is 1. The SMILES string of the molecule is CC(C)=CCN1CC[C@@]2(C)c3cc(C(N)=O)ccc3CC1[C@@H]2C. The molecule has 23 heavy (non-hydrogen) atoms. The fourth-order valence-electron chi connectivity index (χ4n) is 4.39. The lowest BCUT2D eigenvalue weighted by molar-refractivity contribution is 0.0397. The van der Waals surface area contributed by atoms with Crippen molar-refractivity contribution >= 4 is 5.91 Å². The van der Waals surface area contributed by atoms with Crippen molar-refractivity contribution < 1.29 is 4.79 Å². The van der Waals surface area contributed by atoms with Gasteiger partial charge in [-0.25, -0.2) is 0 Å². The van der Waals surface area contributed by atoms with E-state index in [1.807, 2.05) is 6.07 Å². The molecule has 1 heterocycles. The molecule has 1 aromatic carbocycles. The Morgan fingerprint density at radius 1 is 1.43 bits per heavy atom. The molecule has 1 saturated heterocycles. The molecule has 1 aromatic rings. The Morgan fingerprint density at radius 3 is 2.83 bits per heavy atom. The summed E-state index contributed by atoms with van der Waals surface area (Å²) in [5, 5.41) is 0. The second kappa shape index (κ2) is 5.79. The first-order valence-electron chi connectivity index (χ1n) is 8.63. The van der Waals surface area contributed by atoms with E-state index in [0.717, 1.165) is 25.9 Å². The summed E-state index contributed by atoms with van der Waals surface area (Å²) in [5.74, 6) is 0.254. The molecular formula is C20H28N2O. The topological polar surface area (TPSA) is 46.3 Å². The molecule has 3 heteroatoms. The fraction of sp³-hybridized carbons (Fsp3) is 0.550. The molecule has 0 saturated carbocycles. The normalized spacial score (nSPS) is 29.7. The van der Waals surface area contributed by atoms with Crippen LogP contribution in [0.3, 0.4) is 0 Å². The van der Waals surface area contributed by atoms with E-state index in [9.17, 15) is 4.79 Å². The Hall–Kier alpha value is -1.61. The van der Waals surface area contributed by atoms with Gasteiger partial charge in [-0.2, -0.15) is 0 Å². The van der Waals surface area contributed by atoms with Crippen molar-refractivity contribution in [2.75, 3.05) is 13.1 Å². The van der Waals surface area contributed by atoms with E-state index in [0.29, 0.717) is 17.5 Å². The zero-order valence-electron chi connectivity index (χ0n) is 14.7. The first kappa shape index (κ1) is 16.3. The third kappa shape index (κ3) is 2.72. The highest BCUT2D eigenvalue weighted by Crippen LogP contribution is 2.48. The molecule has 0 spiro atoms. The average Bonchev–Trinajstić information content (AvgIpc) is 2.49. The Morgan fingerprint density at radius 2 is 2.17 bits per heavy atom. The van der Waals surface area contributed by atoms with Gasteiger partial charge >= 0.3 is 0 Å². The average molecular weight is 312 g/mol. The van der Waals surface area contributed by atoms with E-state index < -0.39 is 0 Å². The second-order valence-corrected chi connectivity index (χ2v) is 7.74. The highest BCUT2D eigenvalue weighted by Gasteiger charge is 2.48. The molecular weight excluding hydrogens is 284 g/mol. The number of likely N-dealkylation sites (tertiary alicyclic amines) is 1. The summed E-state index contributed by atoms with van der Waals surface area (Å²) in [7, 11) is 0. The zero-order chi connectivity index (χ0) is 16.8. The zero-order valence-corrected chi connectivity index (χ0v) is 14.7. The van der Waals surface area contributed by atoms with Gasteiger partial charge in [0.25, 0.3) is 0 Å². The lowest BCUT2D eigenvalue weighted by atomic mass is 9.59. The summed E-state index contributed by atoms with van der Waals surface area (Å²) in [4.78, 5) is 14.2. The van der Waals surface area contributed by atoms with Crippen molar-refractivity contribution in [2.45, 2.75) is 52.0 Å². The summed E-state index contributed by atoms with van der Waals surface area (Å²) in [6.45, 7) is 11.2. The highest BCUT2D eigenvalue weighted by molar-refractivity contribution is 5.93. The van der Waals surface area contributed by atoms with Gasteiger partial charge in [0.1, 0.15) is 0 Å². The van der Waals surface area contributed by atoms with Gasteiger partial charge in [0.2, 0.25) is 5.91 Å². The van der Waals surface area contributed by atoms with Crippen molar-refractivity contribution in [1.29, 1.82) is 0 Å².